The molecule has 1 heterocycles. The molecule has 76 valence electrons. The van der Waals surface area contributed by atoms with Crippen molar-refractivity contribution in [2.45, 2.75) is 38.7 Å². The van der Waals surface area contributed by atoms with E-state index in [0.29, 0.717) is 11.3 Å². The van der Waals surface area contributed by atoms with E-state index in [1.807, 2.05) is 13.0 Å². The van der Waals surface area contributed by atoms with Gasteiger partial charge in [-0.1, -0.05) is 11.6 Å². The first-order valence-electron chi connectivity index (χ1n) is 5.05. The molecule has 1 aliphatic carbocycles. The lowest BCUT2D eigenvalue weighted by atomic mass is 10.3. The molecule has 0 N–H and O–H groups in total. The normalized spacial score (nSPS) is 17.3. The highest BCUT2D eigenvalue weighted by molar-refractivity contribution is 6.29. The van der Waals surface area contributed by atoms with Crippen molar-refractivity contribution in [3.8, 4) is 5.75 Å². The summed E-state index contributed by atoms with van der Waals surface area (Å²) in [6.45, 7) is 1.93. The maximum absolute atomic E-state index is 5.84. The second-order valence-electron chi connectivity index (χ2n) is 3.74. The van der Waals surface area contributed by atoms with Crippen molar-refractivity contribution in [3.05, 3.63) is 23.0 Å². The van der Waals surface area contributed by atoms with Crippen LogP contribution >= 0.6 is 11.6 Å². The Hall–Kier alpha value is -0.760. The minimum atomic E-state index is 0.386. The number of hydrogen-bond acceptors (Lipinski definition) is 2. The van der Waals surface area contributed by atoms with Gasteiger partial charge in [0.1, 0.15) is 10.9 Å². The summed E-state index contributed by atoms with van der Waals surface area (Å²) in [5, 5.41) is 0.529. The van der Waals surface area contributed by atoms with Crippen molar-refractivity contribution in [3.63, 3.8) is 0 Å². The van der Waals surface area contributed by atoms with Gasteiger partial charge in [-0.3, -0.25) is 0 Å². The van der Waals surface area contributed by atoms with E-state index in [-0.39, 0.29) is 0 Å². The Morgan fingerprint density at radius 3 is 2.71 bits per heavy atom. The monoisotopic (exact) mass is 211 g/mol. The molecule has 0 aliphatic heterocycles. The van der Waals surface area contributed by atoms with Crippen LogP contribution < -0.4 is 4.74 Å². The van der Waals surface area contributed by atoms with E-state index in [9.17, 15) is 0 Å². The topological polar surface area (TPSA) is 22.1 Å². The van der Waals surface area contributed by atoms with E-state index < -0.39 is 0 Å². The second-order valence-corrected chi connectivity index (χ2v) is 4.13. The molecule has 2 rings (SSSR count). The predicted molar refractivity (Wildman–Crippen MR) is 56.9 cm³/mol. The van der Waals surface area contributed by atoms with Gasteiger partial charge in [-0.2, -0.15) is 0 Å². The highest BCUT2D eigenvalue weighted by atomic mass is 35.5. The molecule has 2 nitrogen and oxygen atoms in total. The van der Waals surface area contributed by atoms with Gasteiger partial charge in [0.25, 0.3) is 0 Å². The minimum Gasteiger partial charge on any atom is -0.489 e. The SMILES string of the molecule is Cc1nc(Cl)ccc1OC1CCCC1. The third-order valence-corrected chi connectivity index (χ3v) is 2.81. The standard InChI is InChI=1S/C11H14ClNO/c1-8-10(6-7-11(12)13-8)14-9-4-2-3-5-9/h6-7,9H,2-5H2,1H3. The second kappa shape index (κ2) is 4.18. The molecule has 0 atom stereocenters. The molecule has 0 amide bonds. The first-order chi connectivity index (χ1) is 6.75. The molecule has 3 heteroatoms. The van der Waals surface area contributed by atoms with Crippen LogP contribution in [-0.4, -0.2) is 11.1 Å². The molecule has 1 aliphatic rings. The van der Waals surface area contributed by atoms with Crippen molar-refractivity contribution in [2.24, 2.45) is 0 Å². The van der Waals surface area contributed by atoms with Crippen LogP contribution in [0.3, 0.4) is 0 Å². The zero-order valence-electron chi connectivity index (χ0n) is 8.29. The fourth-order valence-corrected chi connectivity index (χ4v) is 2.02. The van der Waals surface area contributed by atoms with Crippen LogP contribution in [0.15, 0.2) is 12.1 Å². The highest BCUT2D eigenvalue weighted by Crippen LogP contribution is 2.26. The molecule has 0 spiro atoms. The molecule has 0 aromatic carbocycles. The molecular weight excluding hydrogens is 198 g/mol. The third kappa shape index (κ3) is 2.18. The van der Waals surface area contributed by atoms with Crippen LogP contribution in [-0.2, 0) is 0 Å². The Bertz CT molecular complexity index is 321. The number of hydrogen-bond donors (Lipinski definition) is 0. The first kappa shape index (κ1) is 9.78. The molecule has 0 bridgehead atoms. The zero-order chi connectivity index (χ0) is 9.97. The molecule has 14 heavy (non-hydrogen) atoms. The maximum Gasteiger partial charge on any atom is 0.141 e. The molecular formula is C11H14ClNO. The van der Waals surface area contributed by atoms with E-state index in [1.54, 1.807) is 6.07 Å². The van der Waals surface area contributed by atoms with E-state index in [4.69, 9.17) is 16.3 Å². The third-order valence-electron chi connectivity index (χ3n) is 2.60. The molecule has 1 fully saturated rings. The number of pyridine rings is 1. The molecule has 0 saturated heterocycles. The van der Waals surface area contributed by atoms with Crippen LogP contribution in [0.4, 0.5) is 0 Å². The van der Waals surface area contributed by atoms with Crippen molar-refractivity contribution >= 4 is 11.6 Å². The first-order valence-corrected chi connectivity index (χ1v) is 5.43. The molecule has 0 radical (unpaired) electrons. The summed E-state index contributed by atoms with van der Waals surface area (Å²) in [6.07, 6.45) is 5.29. The van der Waals surface area contributed by atoms with Crippen LogP contribution in [0.5, 0.6) is 5.75 Å². The van der Waals surface area contributed by atoms with Gasteiger partial charge < -0.3 is 4.74 Å². The number of halogens is 1. The van der Waals surface area contributed by atoms with Gasteiger partial charge in [-0.25, -0.2) is 4.98 Å². The summed E-state index contributed by atoms with van der Waals surface area (Å²) in [7, 11) is 0. The molecule has 1 aromatic rings. The van der Waals surface area contributed by atoms with E-state index in [1.165, 1.54) is 25.7 Å². The predicted octanol–water partition coefficient (Wildman–Crippen LogP) is 3.36. The van der Waals surface area contributed by atoms with Gasteiger partial charge in [0.05, 0.1) is 11.8 Å². The smallest absolute Gasteiger partial charge is 0.141 e. The van der Waals surface area contributed by atoms with Crippen LogP contribution in [0.2, 0.25) is 5.15 Å². The summed E-state index contributed by atoms with van der Waals surface area (Å²) in [5.41, 5.74) is 0.879. The highest BCUT2D eigenvalue weighted by Gasteiger charge is 2.17. The lowest BCUT2D eigenvalue weighted by Gasteiger charge is -2.14. The van der Waals surface area contributed by atoms with E-state index >= 15 is 0 Å². The van der Waals surface area contributed by atoms with Crippen LogP contribution in [0.25, 0.3) is 0 Å². The maximum atomic E-state index is 5.84. The van der Waals surface area contributed by atoms with E-state index in [0.717, 1.165) is 11.4 Å². The Balaban J connectivity index is 2.08. The Morgan fingerprint density at radius 1 is 1.36 bits per heavy atom. The number of aromatic nitrogens is 1. The summed E-state index contributed by atoms with van der Waals surface area (Å²) in [6, 6.07) is 3.68. The minimum absolute atomic E-state index is 0.386. The van der Waals surface area contributed by atoms with Crippen molar-refractivity contribution < 1.29 is 4.74 Å². The van der Waals surface area contributed by atoms with Gasteiger partial charge in [-0.05, 0) is 44.7 Å². The Labute approximate surface area is 89.3 Å². The van der Waals surface area contributed by atoms with Gasteiger partial charge in [0, 0.05) is 0 Å². The summed E-state index contributed by atoms with van der Waals surface area (Å²) >= 11 is 5.77. The lowest BCUT2D eigenvalue weighted by Crippen LogP contribution is -2.11. The fourth-order valence-electron chi connectivity index (χ4n) is 1.83. The zero-order valence-corrected chi connectivity index (χ0v) is 9.05. The molecule has 1 saturated carbocycles. The quantitative estimate of drug-likeness (QED) is 0.700. The number of rotatable bonds is 2. The fraction of sp³-hybridized carbons (Fsp3) is 0.545. The summed E-state index contributed by atoms with van der Waals surface area (Å²) in [5.74, 6) is 0.876. The van der Waals surface area contributed by atoms with Crippen molar-refractivity contribution in [2.75, 3.05) is 0 Å². The van der Waals surface area contributed by atoms with Gasteiger partial charge in [0.15, 0.2) is 0 Å². The Morgan fingerprint density at radius 2 is 2.07 bits per heavy atom. The van der Waals surface area contributed by atoms with Gasteiger partial charge >= 0.3 is 0 Å². The molecule has 1 aromatic heterocycles. The van der Waals surface area contributed by atoms with Gasteiger partial charge in [0.2, 0.25) is 0 Å². The lowest BCUT2D eigenvalue weighted by molar-refractivity contribution is 0.207. The van der Waals surface area contributed by atoms with Crippen LogP contribution in [0, 0.1) is 6.92 Å². The number of nitrogens with zero attached hydrogens (tertiary/aromatic N) is 1. The van der Waals surface area contributed by atoms with E-state index in [2.05, 4.69) is 4.98 Å². The number of ether oxygens (including phenoxy) is 1. The van der Waals surface area contributed by atoms with Gasteiger partial charge in [-0.15, -0.1) is 0 Å². The van der Waals surface area contributed by atoms with Crippen molar-refractivity contribution in [1.82, 2.24) is 4.98 Å². The average molecular weight is 212 g/mol. The summed E-state index contributed by atoms with van der Waals surface area (Å²) < 4.78 is 5.84. The molecule has 0 unspecified atom stereocenters. The summed E-state index contributed by atoms with van der Waals surface area (Å²) in [4.78, 5) is 4.16. The number of aryl methyl sites for hydroxylation is 1. The Kier molecular flexibility index (Phi) is 2.92. The average Bonchev–Trinajstić information content (AvgIpc) is 2.62. The van der Waals surface area contributed by atoms with Crippen LogP contribution in [0.1, 0.15) is 31.4 Å². The van der Waals surface area contributed by atoms with Crippen molar-refractivity contribution in [1.29, 1.82) is 0 Å². The largest absolute Gasteiger partial charge is 0.489 e.